The van der Waals surface area contributed by atoms with Crippen molar-refractivity contribution in [3.8, 4) is 0 Å². The molecule has 186 valence electrons. The van der Waals surface area contributed by atoms with E-state index in [1.54, 1.807) is 47.2 Å². The summed E-state index contributed by atoms with van der Waals surface area (Å²) in [5.74, 6) is -0.692. The van der Waals surface area contributed by atoms with Crippen molar-refractivity contribution < 1.29 is 23.9 Å². The van der Waals surface area contributed by atoms with Crippen LogP contribution in [0.3, 0.4) is 0 Å². The SMILES string of the molecule is COCCNC(=O)[C@@H]1COC2(CCN(C(=O)c3ccccc3Cl)CC2)N1C(=O)c1ccccc1C. The highest BCUT2D eigenvalue weighted by Gasteiger charge is 2.54. The Morgan fingerprint density at radius 3 is 2.37 bits per heavy atom. The number of carbonyl (C=O) groups excluding carboxylic acids is 3. The number of nitrogens with zero attached hydrogens (tertiary/aromatic N) is 2. The summed E-state index contributed by atoms with van der Waals surface area (Å²) in [6.45, 7) is 3.42. The van der Waals surface area contributed by atoms with Crippen molar-refractivity contribution in [2.75, 3.05) is 40.0 Å². The van der Waals surface area contributed by atoms with Crippen molar-refractivity contribution in [1.29, 1.82) is 0 Å². The van der Waals surface area contributed by atoms with Crippen LogP contribution in [0.25, 0.3) is 0 Å². The van der Waals surface area contributed by atoms with Gasteiger partial charge in [0, 0.05) is 45.1 Å². The van der Waals surface area contributed by atoms with Crippen LogP contribution in [0, 0.1) is 6.92 Å². The van der Waals surface area contributed by atoms with Crippen molar-refractivity contribution in [1.82, 2.24) is 15.1 Å². The zero-order chi connectivity index (χ0) is 25.0. The fraction of sp³-hybridized carbons (Fsp3) is 0.423. The second-order valence-electron chi connectivity index (χ2n) is 8.82. The third-order valence-corrected chi connectivity index (χ3v) is 7.03. The maximum absolute atomic E-state index is 13.8. The highest BCUT2D eigenvalue weighted by molar-refractivity contribution is 6.33. The van der Waals surface area contributed by atoms with Gasteiger partial charge in [-0.25, -0.2) is 0 Å². The molecule has 0 aliphatic carbocycles. The van der Waals surface area contributed by atoms with Crippen LogP contribution in [0.2, 0.25) is 5.02 Å². The highest BCUT2D eigenvalue weighted by Crippen LogP contribution is 2.39. The summed E-state index contributed by atoms with van der Waals surface area (Å²) >= 11 is 6.23. The van der Waals surface area contributed by atoms with E-state index in [4.69, 9.17) is 21.1 Å². The number of methoxy groups -OCH3 is 1. The summed E-state index contributed by atoms with van der Waals surface area (Å²) in [4.78, 5) is 43.2. The first-order chi connectivity index (χ1) is 16.9. The van der Waals surface area contributed by atoms with Crippen LogP contribution in [0.15, 0.2) is 48.5 Å². The molecule has 1 atom stereocenters. The maximum atomic E-state index is 13.8. The van der Waals surface area contributed by atoms with E-state index in [1.165, 1.54) is 0 Å². The van der Waals surface area contributed by atoms with Crippen molar-refractivity contribution in [2.24, 2.45) is 0 Å². The van der Waals surface area contributed by atoms with Gasteiger partial charge in [0.2, 0.25) is 5.91 Å². The zero-order valence-corrected chi connectivity index (χ0v) is 20.7. The van der Waals surface area contributed by atoms with Crippen LogP contribution in [0.1, 0.15) is 39.1 Å². The molecule has 0 saturated carbocycles. The summed E-state index contributed by atoms with van der Waals surface area (Å²) in [5.41, 5.74) is 0.826. The van der Waals surface area contributed by atoms with E-state index in [-0.39, 0.29) is 24.3 Å². The Hall–Kier alpha value is -2.94. The third-order valence-electron chi connectivity index (χ3n) is 6.70. The Morgan fingerprint density at radius 2 is 1.71 bits per heavy atom. The molecule has 0 bridgehead atoms. The molecule has 2 aromatic rings. The number of aryl methyl sites for hydroxylation is 1. The predicted octanol–water partition coefficient (Wildman–Crippen LogP) is 2.88. The molecular weight excluding hydrogens is 470 g/mol. The Morgan fingerprint density at radius 1 is 1.06 bits per heavy atom. The molecule has 4 rings (SSSR count). The monoisotopic (exact) mass is 499 g/mol. The van der Waals surface area contributed by atoms with Crippen LogP contribution in [-0.4, -0.2) is 79.2 Å². The van der Waals surface area contributed by atoms with Crippen LogP contribution in [0.5, 0.6) is 0 Å². The minimum atomic E-state index is -0.972. The Kier molecular flexibility index (Phi) is 7.74. The molecule has 8 nitrogen and oxygen atoms in total. The van der Waals surface area contributed by atoms with E-state index in [9.17, 15) is 14.4 Å². The summed E-state index contributed by atoms with van der Waals surface area (Å²) < 4.78 is 11.3. The van der Waals surface area contributed by atoms with Crippen molar-refractivity contribution >= 4 is 29.3 Å². The fourth-order valence-electron chi connectivity index (χ4n) is 4.77. The van der Waals surface area contributed by atoms with Gasteiger partial charge in [-0.3, -0.25) is 19.3 Å². The standard InChI is InChI=1S/C26H30ClN3O5/c1-18-7-3-4-8-19(18)25(33)30-22(23(31)28-13-16-34-2)17-35-26(30)11-14-29(15-12-26)24(32)20-9-5-6-10-21(20)27/h3-10,22H,11-17H2,1-2H3,(H,28,31)/t22-/m0/s1. The van der Waals surface area contributed by atoms with Crippen molar-refractivity contribution in [3.05, 3.63) is 70.2 Å². The lowest BCUT2D eigenvalue weighted by Crippen LogP contribution is -2.60. The van der Waals surface area contributed by atoms with E-state index in [2.05, 4.69) is 5.32 Å². The van der Waals surface area contributed by atoms with Crippen molar-refractivity contribution in [2.45, 2.75) is 31.5 Å². The molecule has 1 spiro atoms. The van der Waals surface area contributed by atoms with Gasteiger partial charge >= 0.3 is 0 Å². The number of amides is 3. The molecule has 2 saturated heterocycles. The van der Waals surface area contributed by atoms with E-state index < -0.39 is 11.8 Å². The Bertz CT molecular complexity index is 1100. The predicted molar refractivity (Wildman–Crippen MR) is 131 cm³/mol. The number of ether oxygens (including phenoxy) is 2. The number of halogens is 1. The maximum Gasteiger partial charge on any atom is 0.257 e. The summed E-state index contributed by atoms with van der Waals surface area (Å²) in [5, 5.41) is 3.24. The van der Waals surface area contributed by atoms with Crippen LogP contribution < -0.4 is 5.32 Å². The fourth-order valence-corrected chi connectivity index (χ4v) is 4.98. The van der Waals surface area contributed by atoms with Crippen LogP contribution >= 0.6 is 11.6 Å². The number of nitrogens with one attached hydrogen (secondary N) is 1. The van der Waals surface area contributed by atoms with Gasteiger partial charge in [0.25, 0.3) is 11.8 Å². The lowest BCUT2D eigenvalue weighted by Gasteiger charge is -2.44. The molecule has 9 heteroatoms. The topological polar surface area (TPSA) is 88.2 Å². The second-order valence-corrected chi connectivity index (χ2v) is 9.23. The lowest BCUT2D eigenvalue weighted by atomic mass is 9.95. The normalized spacial score (nSPS) is 19.1. The molecule has 3 amide bonds. The van der Waals surface area contributed by atoms with Crippen molar-refractivity contribution in [3.63, 3.8) is 0 Å². The van der Waals surface area contributed by atoms with Crippen LogP contribution in [-0.2, 0) is 14.3 Å². The van der Waals surface area contributed by atoms with Gasteiger partial charge in [0.15, 0.2) is 0 Å². The number of piperidine rings is 1. The van der Waals surface area contributed by atoms with E-state index in [0.717, 1.165) is 5.56 Å². The average molecular weight is 500 g/mol. The third kappa shape index (κ3) is 5.05. The van der Waals surface area contributed by atoms with Gasteiger partial charge in [-0.2, -0.15) is 0 Å². The smallest absolute Gasteiger partial charge is 0.257 e. The number of carbonyl (C=O) groups is 3. The Balaban J connectivity index is 1.57. The molecule has 35 heavy (non-hydrogen) atoms. The minimum absolute atomic E-state index is 0.0922. The average Bonchev–Trinajstić information content (AvgIpc) is 3.23. The first-order valence-corrected chi connectivity index (χ1v) is 12.1. The van der Waals surface area contributed by atoms with Gasteiger partial charge in [-0.1, -0.05) is 41.9 Å². The molecule has 2 fully saturated rings. The molecule has 2 aromatic carbocycles. The van der Waals surface area contributed by atoms with E-state index in [0.29, 0.717) is 55.2 Å². The number of hydrogen-bond donors (Lipinski definition) is 1. The highest BCUT2D eigenvalue weighted by atomic mass is 35.5. The van der Waals surface area contributed by atoms with E-state index >= 15 is 0 Å². The molecule has 0 unspecified atom stereocenters. The summed E-state index contributed by atoms with van der Waals surface area (Å²) in [6.07, 6.45) is 0.783. The largest absolute Gasteiger partial charge is 0.383 e. The molecule has 1 N–H and O–H groups in total. The van der Waals surface area contributed by atoms with E-state index in [1.807, 2.05) is 25.1 Å². The second kappa shape index (κ2) is 10.8. The first-order valence-electron chi connectivity index (χ1n) is 11.7. The summed E-state index contributed by atoms with van der Waals surface area (Å²) in [6, 6.07) is 13.5. The Labute approximate surface area is 210 Å². The van der Waals surface area contributed by atoms with Gasteiger partial charge in [0.1, 0.15) is 11.8 Å². The molecule has 2 heterocycles. The van der Waals surface area contributed by atoms with Gasteiger partial charge in [-0.15, -0.1) is 0 Å². The molecule has 0 radical (unpaired) electrons. The first kappa shape index (κ1) is 25.2. The molecule has 2 aliphatic rings. The summed E-state index contributed by atoms with van der Waals surface area (Å²) in [7, 11) is 1.56. The number of likely N-dealkylation sites (tertiary alicyclic amines) is 1. The zero-order valence-electron chi connectivity index (χ0n) is 20.0. The lowest BCUT2D eigenvalue weighted by molar-refractivity contribution is -0.128. The minimum Gasteiger partial charge on any atom is -0.383 e. The molecular formula is C26H30ClN3O5. The van der Waals surface area contributed by atoms with Gasteiger partial charge in [-0.05, 0) is 30.7 Å². The number of benzene rings is 2. The quantitative estimate of drug-likeness (QED) is 0.617. The number of rotatable bonds is 6. The number of hydrogen-bond acceptors (Lipinski definition) is 5. The molecule has 2 aliphatic heterocycles. The van der Waals surface area contributed by atoms with Gasteiger partial charge < -0.3 is 19.7 Å². The van der Waals surface area contributed by atoms with Crippen LogP contribution in [0.4, 0.5) is 0 Å². The molecule has 0 aromatic heterocycles. The van der Waals surface area contributed by atoms with Gasteiger partial charge in [0.05, 0.1) is 23.8 Å².